The lowest BCUT2D eigenvalue weighted by Crippen LogP contribution is -2.22. The number of fused-ring (bicyclic) bond motifs is 1. The van der Waals surface area contributed by atoms with E-state index < -0.39 is 5.91 Å². The lowest BCUT2D eigenvalue weighted by Gasteiger charge is -2.08. The molecule has 0 radical (unpaired) electrons. The Bertz CT molecular complexity index is 783. The first kappa shape index (κ1) is 16.5. The summed E-state index contributed by atoms with van der Waals surface area (Å²) in [5.41, 5.74) is 8.11. The molecule has 0 saturated heterocycles. The fourth-order valence-electron chi connectivity index (χ4n) is 2.92. The Morgan fingerprint density at radius 1 is 1.33 bits per heavy atom. The third-order valence-electron chi connectivity index (χ3n) is 4.10. The zero-order valence-corrected chi connectivity index (χ0v) is 14.4. The van der Waals surface area contributed by atoms with Gasteiger partial charge in [-0.3, -0.25) is 9.59 Å². The SMILES string of the molecule is CCc1cccc(OCC(=O)Nc2sc3c(c2C(N)=O)CCC3)c1. The summed E-state index contributed by atoms with van der Waals surface area (Å²) in [7, 11) is 0. The summed E-state index contributed by atoms with van der Waals surface area (Å²) >= 11 is 1.44. The summed E-state index contributed by atoms with van der Waals surface area (Å²) in [6, 6.07) is 7.66. The minimum absolute atomic E-state index is 0.103. The van der Waals surface area contributed by atoms with Crippen LogP contribution in [0.2, 0.25) is 0 Å². The van der Waals surface area contributed by atoms with Crippen LogP contribution in [0.3, 0.4) is 0 Å². The van der Waals surface area contributed by atoms with Crippen LogP contribution in [0.4, 0.5) is 5.00 Å². The number of hydrogen-bond acceptors (Lipinski definition) is 4. The summed E-state index contributed by atoms with van der Waals surface area (Å²) in [4.78, 5) is 25.0. The van der Waals surface area contributed by atoms with Gasteiger partial charge in [0.25, 0.3) is 11.8 Å². The molecule has 24 heavy (non-hydrogen) atoms. The van der Waals surface area contributed by atoms with Crippen LogP contribution in [0, 0.1) is 0 Å². The van der Waals surface area contributed by atoms with E-state index in [-0.39, 0.29) is 12.5 Å². The van der Waals surface area contributed by atoms with Crippen molar-refractivity contribution in [2.45, 2.75) is 32.6 Å². The number of hydrogen-bond donors (Lipinski definition) is 2. The minimum atomic E-state index is -0.485. The molecule has 1 heterocycles. The standard InChI is InChI=1S/C18H20N2O3S/c1-2-11-5-3-6-12(9-11)23-10-15(21)20-18-16(17(19)22)13-7-4-8-14(13)24-18/h3,5-6,9H,2,4,7-8,10H2,1H3,(H2,19,22)(H,20,21). The summed E-state index contributed by atoms with van der Waals surface area (Å²) in [5.74, 6) is -0.117. The van der Waals surface area contributed by atoms with Crippen LogP contribution in [0.1, 0.15) is 39.7 Å². The highest BCUT2D eigenvalue weighted by Crippen LogP contribution is 2.38. The van der Waals surface area contributed by atoms with Crippen molar-refractivity contribution in [3.05, 3.63) is 45.8 Å². The van der Waals surface area contributed by atoms with Gasteiger partial charge in [0.1, 0.15) is 10.8 Å². The molecule has 0 saturated carbocycles. The monoisotopic (exact) mass is 344 g/mol. The number of thiophene rings is 1. The Kier molecular flexibility index (Phi) is 4.85. The number of nitrogens with one attached hydrogen (secondary N) is 1. The van der Waals surface area contributed by atoms with E-state index in [9.17, 15) is 9.59 Å². The minimum Gasteiger partial charge on any atom is -0.484 e. The molecule has 3 rings (SSSR count). The zero-order valence-electron chi connectivity index (χ0n) is 13.6. The fraction of sp³-hybridized carbons (Fsp3) is 0.333. The van der Waals surface area contributed by atoms with Crippen molar-refractivity contribution < 1.29 is 14.3 Å². The number of rotatable bonds is 6. The first-order valence-electron chi connectivity index (χ1n) is 8.04. The molecule has 1 aromatic carbocycles. The molecule has 1 aliphatic carbocycles. The van der Waals surface area contributed by atoms with Crippen LogP contribution in [0.15, 0.2) is 24.3 Å². The molecular formula is C18H20N2O3S. The quantitative estimate of drug-likeness (QED) is 0.845. The van der Waals surface area contributed by atoms with E-state index in [1.54, 1.807) is 0 Å². The first-order valence-corrected chi connectivity index (χ1v) is 8.86. The number of carbonyl (C=O) groups excluding carboxylic acids is 2. The highest BCUT2D eigenvalue weighted by molar-refractivity contribution is 7.17. The second kappa shape index (κ2) is 7.05. The Labute approximate surface area is 144 Å². The molecule has 0 bridgehead atoms. The molecule has 0 unspecified atom stereocenters. The van der Waals surface area contributed by atoms with Gasteiger partial charge in [-0.25, -0.2) is 0 Å². The lowest BCUT2D eigenvalue weighted by molar-refractivity contribution is -0.118. The van der Waals surface area contributed by atoms with Crippen LogP contribution < -0.4 is 15.8 Å². The molecule has 3 N–H and O–H groups in total. The number of benzene rings is 1. The average molecular weight is 344 g/mol. The zero-order chi connectivity index (χ0) is 17.1. The van der Waals surface area contributed by atoms with Gasteiger partial charge in [-0.2, -0.15) is 0 Å². The van der Waals surface area contributed by atoms with Gasteiger partial charge in [-0.15, -0.1) is 11.3 Å². The van der Waals surface area contributed by atoms with Gasteiger partial charge >= 0.3 is 0 Å². The summed E-state index contributed by atoms with van der Waals surface area (Å²) in [6.07, 6.45) is 3.73. The van der Waals surface area contributed by atoms with Gasteiger partial charge in [-0.1, -0.05) is 19.1 Å². The van der Waals surface area contributed by atoms with Crippen LogP contribution in [-0.4, -0.2) is 18.4 Å². The number of anilines is 1. The third-order valence-corrected chi connectivity index (χ3v) is 5.30. The Morgan fingerprint density at radius 3 is 2.92 bits per heavy atom. The number of carbonyl (C=O) groups is 2. The predicted molar refractivity (Wildman–Crippen MR) is 94.8 cm³/mol. The maximum atomic E-state index is 12.2. The van der Waals surface area contributed by atoms with Crippen LogP contribution >= 0.6 is 11.3 Å². The van der Waals surface area contributed by atoms with E-state index in [1.807, 2.05) is 24.3 Å². The molecule has 1 aromatic heterocycles. The fourth-order valence-corrected chi connectivity index (χ4v) is 4.23. The smallest absolute Gasteiger partial charge is 0.262 e. The van der Waals surface area contributed by atoms with Gasteiger partial charge in [0.2, 0.25) is 0 Å². The van der Waals surface area contributed by atoms with Crippen molar-refractivity contribution in [1.29, 1.82) is 0 Å². The topological polar surface area (TPSA) is 81.4 Å². The molecule has 5 nitrogen and oxygen atoms in total. The number of aryl methyl sites for hydroxylation is 2. The lowest BCUT2D eigenvalue weighted by atomic mass is 10.1. The van der Waals surface area contributed by atoms with Crippen molar-refractivity contribution in [2.75, 3.05) is 11.9 Å². The van der Waals surface area contributed by atoms with E-state index in [2.05, 4.69) is 12.2 Å². The predicted octanol–water partition coefficient (Wildman–Crippen LogP) is 2.92. The molecule has 2 aromatic rings. The number of ether oxygens (including phenoxy) is 1. The molecule has 1 aliphatic rings. The molecular weight excluding hydrogens is 324 g/mol. The summed E-state index contributed by atoms with van der Waals surface area (Å²) in [6.45, 7) is 1.96. The van der Waals surface area contributed by atoms with Crippen molar-refractivity contribution >= 4 is 28.2 Å². The van der Waals surface area contributed by atoms with E-state index in [4.69, 9.17) is 10.5 Å². The third kappa shape index (κ3) is 3.43. The van der Waals surface area contributed by atoms with E-state index in [0.29, 0.717) is 16.3 Å². The van der Waals surface area contributed by atoms with Gasteiger partial charge in [0, 0.05) is 4.88 Å². The van der Waals surface area contributed by atoms with Crippen LogP contribution in [0.5, 0.6) is 5.75 Å². The van der Waals surface area contributed by atoms with Crippen molar-refractivity contribution in [2.24, 2.45) is 5.73 Å². The van der Waals surface area contributed by atoms with E-state index in [0.717, 1.165) is 41.7 Å². The Balaban J connectivity index is 1.66. The van der Waals surface area contributed by atoms with Crippen LogP contribution in [0.25, 0.3) is 0 Å². The van der Waals surface area contributed by atoms with Gasteiger partial charge < -0.3 is 15.8 Å². The summed E-state index contributed by atoms with van der Waals surface area (Å²) < 4.78 is 5.54. The molecule has 0 aliphatic heterocycles. The first-order chi connectivity index (χ1) is 11.6. The van der Waals surface area contributed by atoms with Gasteiger partial charge in [-0.05, 0) is 48.9 Å². The second-order valence-corrected chi connectivity index (χ2v) is 6.87. The van der Waals surface area contributed by atoms with E-state index >= 15 is 0 Å². The van der Waals surface area contributed by atoms with Crippen molar-refractivity contribution in [3.8, 4) is 5.75 Å². The molecule has 126 valence electrons. The summed E-state index contributed by atoms with van der Waals surface area (Å²) in [5, 5.41) is 3.32. The normalized spacial score (nSPS) is 12.7. The molecule has 0 fully saturated rings. The second-order valence-electron chi connectivity index (χ2n) is 5.76. The highest BCUT2D eigenvalue weighted by atomic mass is 32.1. The molecule has 2 amide bonds. The van der Waals surface area contributed by atoms with Crippen molar-refractivity contribution in [1.82, 2.24) is 0 Å². The Morgan fingerprint density at radius 2 is 2.17 bits per heavy atom. The van der Waals surface area contributed by atoms with Gasteiger partial charge in [0.05, 0.1) is 5.56 Å². The number of amides is 2. The van der Waals surface area contributed by atoms with Crippen LogP contribution in [-0.2, 0) is 24.1 Å². The number of primary amides is 1. The maximum Gasteiger partial charge on any atom is 0.262 e. The Hall–Kier alpha value is -2.34. The van der Waals surface area contributed by atoms with Gasteiger partial charge in [0.15, 0.2) is 6.61 Å². The van der Waals surface area contributed by atoms with Crippen molar-refractivity contribution in [3.63, 3.8) is 0 Å². The number of nitrogens with two attached hydrogens (primary N) is 1. The average Bonchev–Trinajstić information content (AvgIpc) is 3.13. The largest absolute Gasteiger partial charge is 0.484 e. The molecule has 6 heteroatoms. The molecule has 0 spiro atoms. The van der Waals surface area contributed by atoms with E-state index in [1.165, 1.54) is 11.3 Å². The maximum absolute atomic E-state index is 12.2. The molecule has 0 atom stereocenters. The highest BCUT2D eigenvalue weighted by Gasteiger charge is 2.26.